The van der Waals surface area contributed by atoms with Gasteiger partial charge in [-0.3, -0.25) is 4.79 Å². The fraction of sp³-hybridized carbons (Fsp3) is 0.0800. The lowest BCUT2D eigenvalue weighted by atomic mass is 9.97. The van der Waals surface area contributed by atoms with Gasteiger partial charge >= 0.3 is 0 Å². The minimum atomic E-state index is -0.645. The van der Waals surface area contributed by atoms with Gasteiger partial charge in [0.15, 0.2) is 0 Å². The molecule has 32 heavy (non-hydrogen) atoms. The van der Waals surface area contributed by atoms with Crippen molar-refractivity contribution >= 4 is 17.5 Å². The van der Waals surface area contributed by atoms with Crippen molar-refractivity contribution in [2.24, 2.45) is 5.73 Å². The van der Waals surface area contributed by atoms with Gasteiger partial charge in [-0.25, -0.2) is 18.7 Å². The van der Waals surface area contributed by atoms with E-state index in [9.17, 15) is 13.6 Å². The lowest BCUT2D eigenvalue weighted by Gasteiger charge is -2.14. The summed E-state index contributed by atoms with van der Waals surface area (Å²) in [6.45, 7) is 0. The molecule has 160 valence electrons. The number of hydrogen-bond acceptors (Lipinski definition) is 4. The predicted molar refractivity (Wildman–Crippen MR) is 119 cm³/mol. The molecule has 7 heteroatoms. The molecule has 0 aliphatic heterocycles. The minimum Gasteiger partial charge on any atom is -0.366 e. The van der Waals surface area contributed by atoms with Crippen LogP contribution < -0.4 is 11.1 Å². The van der Waals surface area contributed by atoms with Crippen LogP contribution in [0.4, 0.5) is 20.4 Å². The Balaban J connectivity index is 1.59. The van der Waals surface area contributed by atoms with Gasteiger partial charge in [0.1, 0.15) is 11.6 Å². The molecule has 3 aromatic carbocycles. The Morgan fingerprint density at radius 2 is 1.53 bits per heavy atom. The molecular formula is C25H20F2N4O. The third-order valence-electron chi connectivity index (χ3n) is 5.03. The van der Waals surface area contributed by atoms with Crippen molar-refractivity contribution in [1.82, 2.24) is 9.97 Å². The first kappa shape index (κ1) is 21.1. The Morgan fingerprint density at radius 3 is 2.19 bits per heavy atom. The van der Waals surface area contributed by atoms with Gasteiger partial charge in [-0.2, -0.15) is 0 Å². The normalized spacial score (nSPS) is 10.7. The summed E-state index contributed by atoms with van der Waals surface area (Å²) in [5, 5.41) is 3.13. The number of nitrogens with zero attached hydrogens (tertiary/aromatic N) is 2. The number of halogens is 2. The number of anilines is 2. The van der Waals surface area contributed by atoms with E-state index in [1.54, 1.807) is 30.6 Å². The molecule has 1 heterocycles. The lowest BCUT2D eigenvalue weighted by Crippen LogP contribution is -2.15. The summed E-state index contributed by atoms with van der Waals surface area (Å²) in [7, 11) is 0. The maximum absolute atomic E-state index is 13.5. The highest BCUT2D eigenvalue weighted by Gasteiger charge is 2.14. The summed E-state index contributed by atoms with van der Waals surface area (Å²) in [5.41, 5.74) is 9.47. The van der Waals surface area contributed by atoms with Crippen LogP contribution in [0.3, 0.4) is 0 Å². The molecule has 4 rings (SSSR count). The van der Waals surface area contributed by atoms with E-state index in [2.05, 4.69) is 15.3 Å². The highest BCUT2D eigenvalue weighted by Crippen LogP contribution is 2.25. The zero-order valence-electron chi connectivity index (χ0n) is 17.1. The summed E-state index contributed by atoms with van der Waals surface area (Å²) in [5.74, 6) is -1.53. The molecule has 0 bridgehead atoms. The number of carbonyl (C=O) groups excluding carboxylic acids is 1. The Bertz CT molecular complexity index is 1220. The first-order chi connectivity index (χ1) is 15.5. The second-order valence-electron chi connectivity index (χ2n) is 7.26. The second-order valence-corrected chi connectivity index (χ2v) is 7.26. The number of benzene rings is 3. The second kappa shape index (κ2) is 9.34. The van der Waals surface area contributed by atoms with E-state index in [1.807, 2.05) is 30.3 Å². The first-order valence-electron chi connectivity index (χ1n) is 10.0. The third-order valence-corrected chi connectivity index (χ3v) is 5.03. The molecule has 5 nitrogen and oxygen atoms in total. The van der Waals surface area contributed by atoms with Crippen LogP contribution in [-0.4, -0.2) is 15.9 Å². The molecule has 0 fully saturated rings. The van der Waals surface area contributed by atoms with Crippen molar-refractivity contribution in [2.75, 3.05) is 5.32 Å². The average Bonchev–Trinajstić information content (AvgIpc) is 2.78. The molecule has 0 unspecified atom stereocenters. The highest BCUT2D eigenvalue weighted by atomic mass is 19.1. The molecule has 0 spiro atoms. The summed E-state index contributed by atoms with van der Waals surface area (Å²) in [4.78, 5) is 20.7. The van der Waals surface area contributed by atoms with Gasteiger partial charge in [-0.1, -0.05) is 36.4 Å². The molecule has 1 amide bonds. The van der Waals surface area contributed by atoms with Crippen molar-refractivity contribution in [1.29, 1.82) is 0 Å². The number of primary amides is 1. The summed E-state index contributed by atoms with van der Waals surface area (Å²) >= 11 is 0. The van der Waals surface area contributed by atoms with Gasteiger partial charge in [-0.05, 0) is 53.8 Å². The van der Waals surface area contributed by atoms with Gasteiger partial charge in [-0.15, -0.1) is 0 Å². The van der Waals surface area contributed by atoms with Gasteiger partial charge in [0.25, 0.3) is 0 Å². The van der Waals surface area contributed by atoms with E-state index in [1.165, 1.54) is 12.1 Å². The van der Waals surface area contributed by atoms with Crippen molar-refractivity contribution in [3.8, 4) is 11.1 Å². The van der Waals surface area contributed by atoms with E-state index < -0.39 is 17.5 Å². The Labute approximate surface area is 184 Å². The molecule has 0 saturated heterocycles. The van der Waals surface area contributed by atoms with E-state index >= 15 is 0 Å². The summed E-state index contributed by atoms with van der Waals surface area (Å²) in [6, 6.07) is 18.2. The smallest absolute Gasteiger partial charge is 0.249 e. The maximum atomic E-state index is 13.5. The number of aromatic nitrogens is 2. The van der Waals surface area contributed by atoms with Crippen LogP contribution >= 0.6 is 0 Å². The number of nitrogens with one attached hydrogen (secondary N) is 1. The fourth-order valence-electron chi connectivity index (χ4n) is 3.52. The molecule has 0 radical (unpaired) electrons. The molecule has 0 aliphatic carbocycles. The topological polar surface area (TPSA) is 80.9 Å². The Hall–Kier alpha value is -4.13. The number of rotatable bonds is 7. The van der Waals surface area contributed by atoms with Gasteiger partial charge in [0.05, 0.1) is 0 Å². The van der Waals surface area contributed by atoms with E-state index in [-0.39, 0.29) is 0 Å². The Kier molecular flexibility index (Phi) is 6.17. The fourth-order valence-corrected chi connectivity index (χ4v) is 3.52. The zero-order chi connectivity index (χ0) is 22.5. The number of nitrogens with two attached hydrogens (primary N) is 1. The van der Waals surface area contributed by atoms with Crippen molar-refractivity contribution in [3.05, 3.63) is 107 Å². The lowest BCUT2D eigenvalue weighted by molar-refractivity contribution is 0.0999. The highest BCUT2D eigenvalue weighted by molar-refractivity contribution is 5.96. The van der Waals surface area contributed by atoms with Gasteiger partial charge < -0.3 is 11.1 Å². The zero-order valence-corrected chi connectivity index (χ0v) is 17.1. The summed E-state index contributed by atoms with van der Waals surface area (Å²) < 4.78 is 27.1. The molecule has 3 N–H and O–H groups in total. The monoisotopic (exact) mass is 430 g/mol. The average molecular weight is 430 g/mol. The van der Waals surface area contributed by atoms with Crippen LogP contribution in [0.1, 0.15) is 21.5 Å². The van der Waals surface area contributed by atoms with Crippen LogP contribution in [0.15, 0.2) is 79.1 Å². The molecule has 4 aromatic rings. The van der Waals surface area contributed by atoms with Crippen LogP contribution in [0, 0.1) is 11.6 Å². The SMILES string of the molecule is NC(=O)c1cccc(Nc2ncc(-c3ccccc3)cn2)c1CCc1cc(F)cc(F)c1. The molecule has 0 saturated carbocycles. The molecule has 0 aliphatic rings. The van der Waals surface area contributed by atoms with E-state index in [0.29, 0.717) is 41.2 Å². The van der Waals surface area contributed by atoms with Crippen LogP contribution in [0.5, 0.6) is 0 Å². The van der Waals surface area contributed by atoms with Gasteiger partial charge in [0.2, 0.25) is 11.9 Å². The van der Waals surface area contributed by atoms with Crippen LogP contribution in [0.2, 0.25) is 0 Å². The van der Waals surface area contributed by atoms with Crippen LogP contribution in [-0.2, 0) is 12.8 Å². The number of hydrogen-bond donors (Lipinski definition) is 2. The molecule has 0 atom stereocenters. The number of aryl methyl sites for hydroxylation is 1. The largest absolute Gasteiger partial charge is 0.366 e. The quantitative estimate of drug-likeness (QED) is 0.430. The van der Waals surface area contributed by atoms with Crippen molar-refractivity contribution in [3.63, 3.8) is 0 Å². The molecular weight excluding hydrogens is 410 g/mol. The van der Waals surface area contributed by atoms with E-state index in [4.69, 9.17) is 5.73 Å². The van der Waals surface area contributed by atoms with Crippen LogP contribution in [0.25, 0.3) is 11.1 Å². The first-order valence-corrected chi connectivity index (χ1v) is 10.0. The third kappa shape index (κ3) is 4.95. The Morgan fingerprint density at radius 1 is 0.844 bits per heavy atom. The minimum absolute atomic E-state index is 0.321. The maximum Gasteiger partial charge on any atom is 0.249 e. The van der Waals surface area contributed by atoms with Crippen molar-refractivity contribution in [2.45, 2.75) is 12.8 Å². The number of amides is 1. The number of carbonyl (C=O) groups is 1. The molecule has 1 aromatic heterocycles. The summed E-state index contributed by atoms with van der Waals surface area (Å²) in [6.07, 6.45) is 4.07. The van der Waals surface area contributed by atoms with Gasteiger partial charge in [0, 0.05) is 35.3 Å². The van der Waals surface area contributed by atoms with Crippen molar-refractivity contribution < 1.29 is 13.6 Å². The standard InChI is InChI=1S/C25H20F2N4O/c26-19-11-16(12-20(27)13-19)9-10-21-22(24(28)32)7-4-8-23(21)31-25-29-14-18(15-30-25)17-5-2-1-3-6-17/h1-8,11-15H,9-10H2,(H2,28,32)(H,29,30,31). The predicted octanol–water partition coefficient (Wildman–Crippen LogP) is 5.05. The van der Waals surface area contributed by atoms with E-state index in [0.717, 1.165) is 17.2 Å².